The molecule has 168 valence electrons. The fraction of sp³-hybridized carbons (Fsp3) is 0.435. The monoisotopic (exact) mass is 472 g/mol. The zero-order valence-electron chi connectivity index (χ0n) is 18.3. The summed E-state index contributed by atoms with van der Waals surface area (Å²) in [6.45, 7) is 2.05. The molecule has 0 aromatic carbocycles. The summed E-state index contributed by atoms with van der Waals surface area (Å²) in [6.07, 6.45) is 17.6. The number of nitrogens with one attached hydrogen (secondary N) is 2. The highest BCUT2D eigenvalue weighted by Gasteiger charge is 2.50. The van der Waals surface area contributed by atoms with Crippen molar-refractivity contribution >= 4 is 40.1 Å². The van der Waals surface area contributed by atoms with Gasteiger partial charge in [0.1, 0.15) is 17.8 Å². The zero-order valence-corrected chi connectivity index (χ0v) is 19.9. The number of imidazole rings is 1. The summed E-state index contributed by atoms with van der Waals surface area (Å²) in [5, 5.41) is 2.76. The summed E-state index contributed by atoms with van der Waals surface area (Å²) >= 11 is 7.83. The highest BCUT2D eigenvalue weighted by molar-refractivity contribution is 8.13. The Morgan fingerprint density at radius 1 is 1.53 bits per heavy atom. The molecule has 0 bridgehead atoms. The van der Waals surface area contributed by atoms with Crippen molar-refractivity contribution in [2.45, 2.75) is 37.4 Å². The minimum absolute atomic E-state index is 0.219. The van der Waals surface area contributed by atoms with Crippen molar-refractivity contribution < 1.29 is 14.1 Å². The van der Waals surface area contributed by atoms with Crippen LogP contribution in [-0.2, 0) is 11.8 Å². The third-order valence-corrected chi connectivity index (χ3v) is 7.50. The second-order valence-electron chi connectivity index (χ2n) is 8.27. The van der Waals surface area contributed by atoms with E-state index in [0.717, 1.165) is 34.2 Å². The Morgan fingerprint density at radius 2 is 2.34 bits per heavy atom. The lowest BCUT2D eigenvalue weighted by atomic mass is 9.90. The maximum absolute atomic E-state index is 11.3. The van der Waals surface area contributed by atoms with Crippen LogP contribution in [0.25, 0.3) is 5.57 Å². The molecule has 2 N–H and O–H groups in total. The van der Waals surface area contributed by atoms with Gasteiger partial charge in [-0.1, -0.05) is 29.8 Å². The summed E-state index contributed by atoms with van der Waals surface area (Å²) in [6, 6.07) is 0. The average Bonchev–Trinajstić information content (AvgIpc) is 3.32. The van der Waals surface area contributed by atoms with Crippen LogP contribution in [0.1, 0.15) is 31.9 Å². The minimum atomic E-state index is -0.395. The van der Waals surface area contributed by atoms with E-state index in [2.05, 4.69) is 40.0 Å². The highest BCUT2D eigenvalue weighted by atomic mass is 35.5. The van der Waals surface area contributed by atoms with Crippen LogP contribution in [0, 0.1) is 30.1 Å². The van der Waals surface area contributed by atoms with Crippen molar-refractivity contribution in [3.63, 3.8) is 0 Å². The number of nitrogens with zero attached hydrogens (tertiary/aromatic N) is 3. The average molecular weight is 473 g/mol. The van der Waals surface area contributed by atoms with Crippen molar-refractivity contribution in [2.24, 2.45) is 24.8 Å². The number of rotatable bonds is 6. The number of amides is 1. The van der Waals surface area contributed by atoms with Crippen LogP contribution < -0.4 is 10.9 Å². The van der Waals surface area contributed by atoms with Crippen LogP contribution in [-0.4, -0.2) is 38.5 Å². The molecule has 1 aromatic rings. The second-order valence-corrected chi connectivity index (χ2v) is 9.94. The lowest BCUT2D eigenvalue weighted by Crippen LogP contribution is -2.33. The van der Waals surface area contributed by atoms with E-state index in [1.807, 2.05) is 42.7 Å². The van der Waals surface area contributed by atoms with Gasteiger partial charge in [0.05, 0.1) is 17.8 Å². The highest BCUT2D eigenvalue weighted by Crippen LogP contribution is 2.50. The Hall–Kier alpha value is -2.47. The number of cyclic esters (lactones) is 1. The summed E-state index contributed by atoms with van der Waals surface area (Å²) in [4.78, 5) is 15.9. The van der Waals surface area contributed by atoms with Crippen molar-refractivity contribution in [3.8, 4) is 12.3 Å². The van der Waals surface area contributed by atoms with Gasteiger partial charge in [0.2, 0.25) is 5.04 Å². The molecule has 3 aliphatic rings. The predicted octanol–water partition coefficient (Wildman–Crippen LogP) is 3.84. The lowest BCUT2D eigenvalue weighted by molar-refractivity contribution is -0.419. The third-order valence-electron chi connectivity index (χ3n) is 6.02. The Balaban J connectivity index is 1.43. The van der Waals surface area contributed by atoms with Crippen LogP contribution in [0.3, 0.4) is 0 Å². The molecule has 4 atom stereocenters. The first-order chi connectivity index (χ1) is 15.4. The van der Waals surface area contributed by atoms with Gasteiger partial charge in [-0.05, 0) is 42.0 Å². The van der Waals surface area contributed by atoms with E-state index in [0.29, 0.717) is 29.2 Å². The number of carbonyl (C=O) groups is 1. The first-order valence-corrected chi connectivity index (χ1v) is 11.7. The van der Waals surface area contributed by atoms with E-state index < -0.39 is 6.09 Å². The fourth-order valence-corrected chi connectivity index (χ4v) is 5.26. The summed E-state index contributed by atoms with van der Waals surface area (Å²) in [5.41, 5.74) is 7.54. The molecule has 0 spiro atoms. The van der Waals surface area contributed by atoms with Crippen LogP contribution >= 0.6 is 23.4 Å². The van der Waals surface area contributed by atoms with E-state index in [1.54, 1.807) is 11.8 Å². The van der Waals surface area contributed by atoms with Crippen LogP contribution in [0.2, 0.25) is 0 Å². The topological polar surface area (TPSA) is 71.2 Å². The zero-order chi connectivity index (χ0) is 22.8. The molecule has 7 nitrogen and oxygen atoms in total. The van der Waals surface area contributed by atoms with Crippen molar-refractivity contribution in [2.75, 3.05) is 7.05 Å². The van der Waals surface area contributed by atoms with E-state index in [-0.39, 0.29) is 6.23 Å². The summed E-state index contributed by atoms with van der Waals surface area (Å²) in [7, 11) is 3.96. The Bertz CT molecular complexity index is 1080. The Kier molecular flexibility index (Phi) is 6.79. The molecule has 1 amide bonds. The normalized spacial score (nSPS) is 27.9. The maximum atomic E-state index is 11.3. The molecule has 0 radical (unpaired) electrons. The third kappa shape index (κ3) is 4.96. The molecule has 4 rings (SSSR count). The SMILES string of the molecule is C#CCC(Cl)=C[N+](C)=C(C)Sc1c(C2=CCC(C3CC3C3NNC(=O)O3)C=C2)ncn1C. The van der Waals surface area contributed by atoms with Crippen molar-refractivity contribution in [3.05, 3.63) is 41.5 Å². The smallest absolute Gasteiger partial charge is 0.423 e. The first-order valence-electron chi connectivity index (χ1n) is 10.5. The molecule has 2 fully saturated rings. The van der Waals surface area contributed by atoms with Gasteiger partial charge < -0.3 is 9.30 Å². The van der Waals surface area contributed by atoms with Gasteiger partial charge in [0.25, 0.3) is 0 Å². The number of ether oxygens (including phenoxy) is 1. The predicted molar refractivity (Wildman–Crippen MR) is 127 cm³/mol. The number of hydrogen-bond donors (Lipinski definition) is 2. The quantitative estimate of drug-likeness (QED) is 0.216. The summed E-state index contributed by atoms with van der Waals surface area (Å²) < 4.78 is 9.28. The molecule has 4 unspecified atom stereocenters. The van der Waals surface area contributed by atoms with Gasteiger partial charge in [-0.25, -0.2) is 9.78 Å². The maximum Gasteiger partial charge on any atom is 0.423 e. The second kappa shape index (κ2) is 9.57. The molecule has 1 aromatic heterocycles. The molecule has 1 aliphatic heterocycles. The number of hydrogen-bond acceptors (Lipinski definition) is 5. The molecule has 1 saturated carbocycles. The Labute approximate surface area is 197 Å². The molecule has 32 heavy (non-hydrogen) atoms. The number of hydrazine groups is 1. The van der Waals surface area contributed by atoms with Crippen molar-refractivity contribution in [1.29, 1.82) is 0 Å². The van der Waals surface area contributed by atoms with Gasteiger partial charge in [-0.15, -0.1) is 12.3 Å². The van der Waals surface area contributed by atoms with E-state index in [4.69, 9.17) is 22.8 Å². The number of thioether (sulfide) groups is 1. The first kappa shape index (κ1) is 22.7. The van der Waals surface area contributed by atoms with Crippen LogP contribution in [0.5, 0.6) is 0 Å². The number of halogens is 1. The number of aryl methyl sites for hydroxylation is 1. The number of terminal acetylenes is 1. The molecule has 2 aliphatic carbocycles. The number of carbonyl (C=O) groups excluding carboxylic acids is 1. The van der Waals surface area contributed by atoms with Gasteiger partial charge in [-0.2, -0.15) is 10.0 Å². The van der Waals surface area contributed by atoms with Gasteiger partial charge in [0, 0.05) is 19.9 Å². The van der Waals surface area contributed by atoms with Crippen LogP contribution in [0.4, 0.5) is 4.79 Å². The fourth-order valence-electron chi connectivity index (χ4n) is 4.10. The molecule has 9 heteroatoms. The lowest BCUT2D eigenvalue weighted by Gasteiger charge is -2.17. The standard InChI is InChI=1S/C23H26ClN5O2S/c1-5-6-17(24)12-28(3)14(2)32-22-20(25-13-29(22)4)16-9-7-15(8-10-16)18-11-19(18)21-26-27-23(30)31-21/h1,7,9-10,12-13,15,18-19,21,26H,6,8,11H2,2-4H3/p+1. The minimum Gasteiger partial charge on any atom is -0.428 e. The van der Waals surface area contributed by atoms with Crippen molar-refractivity contribution in [1.82, 2.24) is 20.4 Å². The number of allylic oxidation sites excluding steroid dienone is 5. The van der Waals surface area contributed by atoms with Gasteiger partial charge >= 0.3 is 6.09 Å². The number of aromatic nitrogens is 2. The molecular weight excluding hydrogens is 446 g/mol. The largest absolute Gasteiger partial charge is 0.428 e. The molecular formula is C23H27ClN5O2S+. The van der Waals surface area contributed by atoms with Gasteiger partial charge in [0.15, 0.2) is 12.4 Å². The van der Waals surface area contributed by atoms with E-state index in [9.17, 15) is 4.79 Å². The Morgan fingerprint density at radius 3 is 3.00 bits per heavy atom. The molecule has 2 heterocycles. The van der Waals surface area contributed by atoms with E-state index in [1.165, 1.54) is 0 Å². The van der Waals surface area contributed by atoms with Crippen LogP contribution in [0.15, 0.2) is 40.8 Å². The summed E-state index contributed by atoms with van der Waals surface area (Å²) in [5.74, 6) is 3.89. The van der Waals surface area contributed by atoms with E-state index >= 15 is 0 Å². The molecule has 1 saturated heterocycles. The van der Waals surface area contributed by atoms with Gasteiger partial charge in [-0.3, -0.25) is 5.43 Å².